The monoisotopic (exact) mass is 462 g/mol. The Morgan fingerprint density at radius 3 is 2.39 bits per heavy atom. The van der Waals surface area contributed by atoms with E-state index < -0.39 is 16.3 Å². The number of hydrogen-bond donors (Lipinski definition) is 0. The van der Waals surface area contributed by atoms with E-state index in [1.54, 1.807) is 62.0 Å². The summed E-state index contributed by atoms with van der Waals surface area (Å²) in [6.07, 6.45) is 0.139. The van der Waals surface area contributed by atoms with Gasteiger partial charge in [0, 0.05) is 19.0 Å². The standard InChI is InChI=1S/C24H22N4O4S/c1-4-19(29)26-18-13-9-8-12-17(18)24(23(26)32)27(20(30)14-33-24)21-15(2)25(3)28(22(21)31)16-10-6-5-7-11-16/h5-13H,4,14H2,1-3H3/t24-/m0/s1. The van der Waals surface area contributed by atoms with E-state index in [1.165, 1.54) is 9.58 Å². The molecule has 2 aliphatic rings. The topological polar surface area (TPSA) is 84.6 Å². The summed E-state index contributed by atoms with van der Waals surface area (Å²) < 4.78 is 3.16. The molecule has 5 rings (SSSR count). The number of benzene rings is 2. The summed E-state index contributed by atoms with van der Waals surface area (Å²) in [4.78, 5) is 54.6. The Morgan fingerprint density at radius 2 is 1.70 bits per heavy atom. The average molecular weight is 463 g/mol. The molecule has 9 heteroatoms. The zero-order chi connectivity index (χ0) is 23.5. The summed E-state index contributed by atoms with van der Waals surface area (Å²) in [5, 5.41) is 0. The van der Waals surface area contributed by atoms with Crippen LogP contribution >= 0.6 is 11.8 Å². The van der Waals surface area contributed by atoms with E-state index in [2.05, 4.69) is 0 Å². The van der Waals surface area contributed by atoms with Crippen LogP contribution in [0.25, 0.3) is 5.69 Å². The maximum absolute atomic E-state index is 13.9. The highest BCUT2D eigenvalue weighted by atomic mass is 32.2. The Labute approximate surface area is 194 Å². The Morgan fingerprint density at radius 1 is 1.03 bits per heavy atom. The third-order valence-electron chi connectivity index (χ3n) is 6.27. The van der Waals surface area contributed by atoms with Gasteiger partial charge in [0.15, 0.2) is 0 Å². The van der Waals surface area contributed by atoms with Gasteiger partial charge in [-0.05, 0) is 25.1 Å². The lowest BCUT2D eigenvalue weighted by atomic mass is 10.0. The maximum atomic E-state index is 13.9. The first-order chi connectivity index (χ1) is 15.8. The molecule has 2 aromatic carbocycles. The molecule has 0 saturated carbocycles. The molecule has 3 amide bonds. The van der Waals surface area contributed by atoms with Gasteiger partial charge < -0.3 is 0 Å². The molecule has 2 aliphatic heterocycles. The van der Waals surface area contributed by atoms with Crippen LogP contribution in [0.15, 0.2) is 59.4 Å². The van der Waals surface area contributed by atoms with Crippen LogP contribution in [0.4, 0.5) is 11.4 Å². The number of para-hydroxylation sites is 2. The summed E-state index contributed by atoms with van der Waals surface area (Å²) in [7, 11) is 1.74. The van der Waals surface area contributed by atoms with Gasteiger partial charge in [-0.2, -0.15) is 0 Å². The van der Waals surface area contributed by atoms with Gasteiger partial charge in [-0.25, -0.2) is 9.58 Å². The van der Waals surface area contributed by atoms with Gasteiger partial charge in [-0.3, -0.25) is 28.8 Å². The van der Waals surface area contributed by atoms with Gasteiger partial charge in [0.2, 0.25) is 16.7 Å². The average Bonchev–Trinajstić information content (AvgIpc) is 3.37. The lowest BCUT2D eigenvalue weighted by Crippen LogP contribution is -2.52. The molecule has 0 N–H and O–H groups in total. The van der Waals surface area contributed by atoms with Crippen LogP contribution < -0.4 is 15.4 Å². The van der Waals surface area contributed by atoms with E-state index in [1.807, 2.05) is 18.2 Å². The molecule has 0 bridgehead atoms. The van der Waals surface area contributed by atoms with Crippen molar-refractivity contribution >= 4 is 40.9 Å². The predicted molar refractivity (Wildman–Crippen MR) is 127 cm³/mol. The summed E-state index contributed by atoms with van der Waals surface area (Å²) in [5.74, 6) is -1.19. The van der Waals surface area contributed by atoms with Crippen molar-refractivity contribution in [1.29, 1.82) is 0 Å². The minimum Gasteiger partial charge on any atom is -0.283 e. The van der Waals surface area contributed by atoms with Crippen LogP contribution in [-0.2, 0) is 26.3 Å². The zero-order valence-corrected chi connectivity index (χ0v) is 19.3. The minimum absolute atomic E-state index is 0.0212. The third kappa shape index (κ3) is 2.72. The van der Waals surface area contributed by atoms with Crippen molar-refractivity contribution in [2.75, 3.05) is 15.6 Å². The van der Waals surface area contributed by atoms with Crippen LogP contribution in [0.2, 0.25) is 0 Å². The van der Waals surface area contributed by atoms with Crippen molar-refractivity contribution in [1.82, 2.24) is 9.36 Å². The molecule has 33 heavy (non-hydrogen) atoms. The molecule has 1 atom stereocenters. The number of hydrogen-bond acceptors (Lipinski definition) is 5. The summed E-state index contributed by atoms with van der Waals surface area (Å²) >= 11 is 1.15. The van der Waals surface area contributed by atoms with E-state index in [-0.39, 0.29) is 29.7 Å². The summed E-state index contributed by atoms with van der Waals surface area (Å²) in [6.45, 7) is 3.44. The first-order valence-electron chi connectivity index (χ1n) is 10.6. The summed E-state index contributed by atoms with van der Waals surface area (Å²) in [6, 6.07) is 16.1. The molecule has 168 valence electrons. The Balaban J connectivity index is 1.77. The number of fused-ring (bicyclic) bond motifs is 2. The number of rotatable bonds is 3. The predicted octanol–water partition coefficient (Wildman–Crippen LogP) is 2.70. The second-order valence-corrected chi connectivity index (χ2v) is 9.15. The number of carbonyl (C=O) groups is 3. The molecule has 1 spiro atoms. The lowest BCUT2D eigenvalue weighted by Gasteiger charge is -2.32. The van der Waals surface area contributed by atoms with Gasteiger partial charge >= 0.3 is 0 Å². The molecule has 0 unspecified atom stereocenters. The molecule has 3 heterocycles. The van der Waals surface area contributed by atoms with Gasteiger partial charge in [-0.1, -0.05) is 43.3 Å². The molecular formula is C24H22N4O4S. The number of amides is 3. The number of aromatic nitrogens is 2. The van der Waals surface area contributed by atoms with Crippen LogP contribution in [0.1, 0.15) is 24.6 Å². The first-order valence-corrected chi connectivity index (χ1v) is 11.6. The van der Waals surface area contributed by atoms with Gasteiger partial charge in [0.25, 0.3) is 11.5 Å². The van der Waals surface area contributed by atoms with E-state index in [0.29, 0.717) is 22.6 Å². The molecule has 1 aromatic heterocycles. The fourth-order valence-corrected chi connectivity index (χ4v) is 5.98. The fourth-order valence-electron chi connectivity index (χ4n) is 4.66. The van der Waals surface area contributed by atoms with Crippen molar-refractivity contribution in [3.8, 4) is 5.69 Å². The highest BCUT2D eigenvalue weighted by Crippen LogP contribution is 2.55. The van der Waals surface area contributed by atoms with Crippen LogP contribution in [-0.4, -0.2) is 32.8 Å². The van der Waals surface area contributed by atoms with Crippen molar-refractivity contribution < 1.29 is 14.4 Å². The molecule has 0 aliphatic carbocycles. The van der Waals surface area contributed by atoms with E-state index in [4.69, 9.17) is 0 Å². The number of imide groups is 1. The van der Waals surface area contributed by atoms with E-state index in [9.17, 15) is 19.2 Å². The molecule has 1 saturated heterocycles. The molecular weight excluding hydrogens is 440 g/mol. The Hall–Kier alpha value is -3.59. The highest BCUT2D eigenvalue weighted by molar-refractivity contribution is 8.02. The van der Waals surface area contributed by atoms with Crippen molar-refractivity contribution in [2.24, 2.45) is 7.05 Å². The Kier molecular flexibility index (Phi) is 4.82. The quantitative estimate of drug-likeness (QED) is 0.598. The van der Waals surface area contributed by atoms with Crippen LogP contribution in [0.3, 0.4) is 0 Å². The molecule has 1 fully saturated rings. The second kappa shape index (κ2) is 7.48. The number of anilines is 2. The maximum Gasteiger partial charge on any atom is 0.295 e. The van der Waals surface area contributed by atoms with Gasteiger partial charge in [0.05, 0.1) is 22.8 Å². The first kappa shape index (κ1) is 21.3. The van der Waals surface area contributed by atoms with Crippen molar-refractivity contribution in [3.63, 3.8) is 0 Å². The molecule has 0 radical (unpaired) electrons. The fraction of sp³-hybridized carbons (Fsp3) is 0.250. The van der Waals surface area contributed by atoms with Gasteiger partial charge in [0.1, 0.15) is 5.69 Å². The third-order valence-corrected chi connectivity index (χ3v) is 7.66. The Bertz CT molecular complexity index is 1380. The normalized spacial score (nSPS) is 19.6. The number of thioether (sulfide) groups is 1. The summed E-state index contributed by atoms with van der Waals surface area (Å²) in [5.41, 5.74) is 1.94. The zero-order valence-electron chi connectivity index (χ0n) is 18.4. The van der Waals surface area contributed by atoms with Crippen molar-refractivity contribution in [2.45, 2.75) is 25.1 Å². The molecule has 3 aromatic rings. The van der Waals surface area contributed by atoms with Crippen molar-refractivity contribution in [3.05, 3.63) is 76.2 Å². The SMILES string of the molecule is CCC(=O)N1C(=O)[C@@]2(SCC(=O)N2c2c(C)n(C)n(-c3ccccc3)c2=O)c2ccccc21. The minimum atomic E-state index is -1.50. The number of nitrogens with zero attached hydrogens (tertiary/aromatic N) is 4. The lowest BCUT2D eigenvalue weighted by molar-refractivity contribution is -0.128. The van der Waals surface area contributed by atoms with E-state index >= 15 is 0 Å². The van der Waals surface area contributed by atoms with Crippen LogP contribution in [0.5, 0.6) is 0 Å². The highest BCUT2D eigenvalue weighted by Gasteiger charge is 2.63. The van der Waals surface area contributed by atoms with E-state index in [0.717, 1.165) is 16.7 Å². The second-order valence-electron chi connectivity index (χ2n) is 7.98. The number of carbonyl (C=O) groups excluding carboxylic acids is 3. The smallest absolute Gasteiger partial charge is 0.283 e. The largest absolute Gasteiger partial charge is 0.295 e. The van der Waals surface area contributed by atoms with Crippen LogP contribution in [0, 0.1) is 6.92 Å². The molecule has 8 nitrogen and oxygen atoms in total. The van der Waals surface area contributed by atoms with Gasteiger partial charge in [-0.15, -0.1) is 11.8 Å².